The predicted molar refractivity (Wildman–Crippen MR) is 77.5 cm³/mol. The van der Waals surface area contributed by atoms with E-state index in [0.29, 0.717) is 4.77 Å². The van der Waals surface area contributed by atoms with E-state index in [1.165, 1.54) is 0 Å². The van der Waals surface area contributed by atoms with Gasteiger partial charge < -0.3 is 4.57 Å². The second-order valence-corrected chi connectivity index (χ2v) is 4.76. The third-order valence-corrected chi connectivity index (χ3v) is 3.32. The average Bonchev–Trinajstić information content (AvgIpc) is 3.11. The van der Waals surface area contributed by atoms with Crippen molar-refractivity contribution in [3.63, 3.8) is 0 Å². The molecule has 3 rings (SSSR count). The van der Waals surface area contributed by atoms with Gasteiger partial charge in [0, 0.05) is 43.4 Å². The van der Waals surface area contributed by atoms with Gasteiger partial charge in [0.15, 0.2) is 10.6 Å². The Morgan fingerprint density at radius 1 is 1.20 bits per heavy atom. The molecule has 102 valence electrons. The van der Waals surface area contributed by atoms with Crippen LogP contribution in [0.15, 0.2) is 43.0 Å². The van der Waals surface area contributed by atoms with Crippen molar-refractivity contribution in [1.82, 2.24) is 29.5 Å². The van der Waals surface area contributed by atoms with Gasteiger partial charge >= 0.3 is 0 Å². The fourth-order valence-corrected chi connectivity index (χ4v) is 2.29. The maximum Gasteiger partial charge on any atom is 0.195 e. The topological polar surface area (TPSA) is 64.3 Å². The smallest absolute Gasteiger partial charge is 0.195 e. The number of aromatic nitrogens is 6. The molecule has 0 atom stereocenters. The van der Waals surface area contributed by atoms with Gasteiger partial charge in [0.05, 0.1) is 0 Å². The van der Waals surface area contributed by atoms with Crippen LogP contribution < -0.4 is 0 Å². The number of hydrogen-bond donors (Lipinski definition) is 1. The number of pyridine rings is 1. The number of aromatic amines is 1. The summed E-state index contributed by atoms with van der Waals surface area (Å²) in [7, 11) is 0. The van der Waals surface area contributed by atoms with Crippen LogP contribution in [0.5, 0.6) is 0 Å². The molecule has 6 nitrogen and oxygen atoms in total. The van der Waals surface area contributed by atoms with Crippen LogP contribution in [0, 0.1) is 4.77 Å². The van der Waals surface area contributed by atoms with E-state index in [0.717, 1.165) is 30.9 Å². The van der Waals surface area contributed by atoms with Gasteiger partial charge in [0.25, 0.3) is 0 Å². The maximum absolute atomic E-state index is 5.29. The lowest BCUT2D eigenvalue weighted by Gasteiger charge is -2.06. The Kier molecular flexibility index (Phi) is 3.69. The molecule has 0 aliphatic rings. The molecule has 3 aromatic heterocycles. The predicted octanol–water partition coefficient (Wildman–Crippen LogP) is 2.29. The normalized spacial score (nSPS) is 10.8. The van der Waals surface area contributed by atoms with E-state index >= 15 is 0 Å². The minimum Gasteiger partial charge on any atom is -0.300 e. The molecule has 1 N–H and O–H groups in total. The molecule has 7 heteroatoms. The molecule has 0 amide bonds. The average molecular weight is 286 g/mol. The first kappa shape index (κ1) is 12.7. The highest BCUT2D eigenvalue weighted by Gasteiger charge is 2.08. The van der Waals surface area contributed by atoms with Crippen LogP contribution in [0.2, 0.25) is 0 Å². The van der Waals surface area contributed by atoms with E-state index in [4.69, 9.17) is 12.2 Å². The first-order valence-electron chi connectivity index (χ1n) is 6.37. The summed E-state index contributed by atoms with van der Waals surface area (Å²) in [4.78, 5) is 4.12. The van der Waals surface area contributed by atoms with E-state index in [2.05, 4.69) is 20.3 Å². The zero-order valence-electron chi connectivity index (χ0n) is 10.8. The molecule has 3 aromatic rings. The molecular formula is C13H14N6S. The summed E-state index contributed by atoms with van der Waals surface area (Å²) in [6.07, 6.45) is 8.20. The van der Waals surface area contributed by atoms with Gasteiger partial charge in [-0.05, 0) is 36.8 Å². The minimum atomic E-state index is 0.629. The van der Waals surface area contributed by atoms with Crippen molar-refractivity contribution in [1.29, 1.82) is 0 Å². The Hall–Kier alpha value is -2.28. The second-order valence-electron chi connectivity index (χ2n) is 4.37. The van der Waals surface area contributed by atoms with Crippen molar-refractivity contribution >= 4 is 12.2 Å². The highest BCUT2D eigenvalue weighted by atomic mass is 32.1. The van der Waals surface area contributed by atoms with Crippen LogP contribution in [-0.4, -0.2) is 29.5 Å². The molecule has 0 aliphatic heterocycles. The molecule has 0 bridgehead atoms. The molecule has 3 heterocycles. The maximum atomic E-state index is 5.29. The monoisotopic (exact) mass is 286 g/mol. The Labute approximate surface area is 121 Å². The van der Waals surface area contributed by atoms with E-state index in [-0.39, 0.29) is 0 Å². The largest absolute Gasteiger partial charge is 0.300 e. The fraction of sp³-hybridized carbons (Fsp3) is 0.231. The van der Waals surface area contributed by atoms with Crippen molar-refractivity contribution in [3.05, 3.63) is 47.8 Å². The lowest BCUT2D eigenvalue weighted by Crippen LogP contribution is -2.06. The summed E-state index contributed by atoms with van der Waals surface area (Å²) >= 11 is 5.29. The highest BCUT2D eigenvalue weighted by molar-refractivity contribution is 7.71. The molecule has 0 spiro atoms. The number of nitrogens with zero attached hydrogens (tertiary/aromatic N) is 5. The van der Waals surface area contributed by atoms with Crippen molar-refractivity contribution in [2.75, 3.05) is 0 Å². The zero-order chi connectivity index (χ0) is 13.8. The summed E-state index contributed by atoms with van der Waals surface area (Å²) in [6.45, 7) is 1.64. The van der Waals surface area contributed by atoms with Crippen molar-refractivity contribution in [3.8, 4) is 11.4 Å². The third kappa shape index (κ3) is 2.67. The Bertz CT molecular complexity index is 713. The van der Waals surface area contributed by atoms with E-state index < -0.39 is 0 Å². The first-order valence-corrected chi connectivity index (χ1v) is 6.78. The number of H-pyrrole nitrogens is 1. The molecule has 20 heavy (non-hydrogen) atoms. The standard InChI is InChI=1S/C13H14N6S/c20-13-17-16-12(11-4-1-5-14-10-11)19(13)9-3-8-18-7-2-6-15-18/h1-2,4-7,10H,3,8-9H2,(H,17,20). The van der Waals surface area contributed by atoms with Gasteiger partial charge in [-0.1, -0.05) is 0 Å². The Morgan fingerprint density at radius 3 is 2.90 bits per heavy atom. The summed E-state index contributed by atoms with van der Waals surface area (Å²) in [6, 6.07) is 5.79. The summed E-state index contributed by atoms with van der Waals surface area (Å²) < 4.78 is 4.54. The molecule has 0 fully saturated rings. The summed E-state index contributed by atoms with van der Waals surface area (Å²) in [5.74, 6) is 0.823. The molecule has 0 aliphatic carbocycles. The molecule has 0 saturated heterocycles. The highest BCUT2D eigenvalue weighted by Crippen LogP contribution is 2.15. The Balaban J connectivity index is 1.76. The lowest BCUT2D eigenvalue weighted by atomic mass is 10.2. The van der Waals surface area contributed by atoms with Gasteiger partial charge in [-0.2, -0.15) is 10.2 Å². The van der Waals surface area contributed by atoms with Gasteiger partial charge in [0.1, 0.15) is 0 Å². The van der Waals surface area contributed by atoms with Crippen LogP contribution in [0.25, 0.3) is 11.4 Å². The van der Waals surface area contributed by atoms with Crippen LogP contribution in [0.1, 0.15) is 6.42 Å². The SMILES string of the molecule is S=c1[nH]nc(-c2cccnc2)n1CCCn1cccn1. The van der Waals surface area contributed by atoms with Gasteiger partial charge in [-0.3, -0.25) is 14.8 Å². The van der Waals surface area contributed by atoms with Gasteiger partial charge in [0.2, 0.25) is 0 Å². The number of nitrogens with one attached hydrogen (secondary N) is 1. The molecule has 0 aromatic carbocycles. The zero-order valence-corrected chi connectivity index (χ0v) is 11.6. The first-order chi connectivity index (χ1) is 9.84. The van der Waals surface area contributed by atoms with Crippen LogP contribution in [0.4, 0.5) is 0 Å². The summed E-state index contributed by atoms with van der Waals surface area (Å²) in [5, 5.41) is 11.3. The van der Waals surface area contributed by atoms with Crippen molar-refractivity contribution in [2.45, 2.75) is 19.5 Å². The third-order valence-electron chi connectivity index (χ3n) is 3.01. The summed E-state index contributed by atoms with van der Waals surface area (Å²) in [5.41, 5.74) is 0.957. The quantitative estimate of drug-likeness (QED) is 0.731. The Morgan fingerprint density at radius 2 is 2.15 bits per heavy atom. The van der Waals surface area contributed by atoms with Crippen molar-refractivity contribution < 1.29 is 0 Å². The van der Waals surface area contributed by atoms with Crippen LogP contribution in [0.3, 0.4) is 0 Å². The van der Waals surface area contributed by atoms with E-state index in [1.807, 2.05) is 33.6 Å². The van der Waals surface area contributed by atoms with Gasteiger partial charge in [-0.25, -0.2) is 0 Å². The van der Waals surface area contributed by atoms with Gasteiger partial charge in [-0.15, -0.1) is 0 Å². The van der Waals surface area contributed by atoms with Crippen LogP contribution in [-0.2, 0) is 13.1 Å². The van der Waals surface area contributed by atoms with Crippen molar-refractivity contribution in [2.24, 2.45) is 0 Å². The van der Waals surface area contributed by atoms with E-state index in [1.54, 1.807) is 18.6 Å². The fourth-order valence-electron chi connectivity index (χ4n) is 2.06. The minimum absolute atomic E-state index is 0.629. The number of hydrogen-bond acceptors (Lipinski definition) is 4. The number of rotatable bonds is 5. The second kappa shape index (κ2) is 5.79. The van der Waals surface area contributed by atoms with E-state index in [9.17, 15) is 0 Å². The lowest BCUT2D eigenvalue weighted by molar-refractivity contribution is 0.526. The molecular weight excluding hydrogens is 272 g/mol. The number of aryl methyl sites for hydroxylation is 1. The van der Waals surface area contributed by atoms with Crippen LogP contribution >= 0.6 is 12.2 Å². The molecule has 0 radical (unpaired) electrons. The molecule has 0 saturated carbocycles. The molecule has 0 unspecified atom stereocenters.